The normalized spacial score (nSPS) is 18.0. The Balaban J connectivity index is 1.28. The molecule has 3 heterocycles. The van der Waals surface area contributed by atoms with Gasteiger partial charge in [-0.3, -0.25) is 14.4 Å². The molecule has 0 bridgehead atoms. The van der Waals surface area contributed by atoms with Crippen LogP contribution in [-0.2, 0) is 15.0 Å². The molecule has 1 aromatic carbocycles. The molecule has 7 nitrogen and oxygen atoms in total. The topological polar surface area (TPSA) is 74.1 Å². The summed E-state index contributed by atoms with van der Waals surface area (Å²) in [4.78, 5) is 44.2. The van der Waals surface area contributed by atoms with E-state index < -0.39 is 5.41 Å². The van der Waals surface area contributed by atoms with Crippen molar-refractivity contribution in [3.63, 3.8) is 0 Å². The zero-order chi connectivity index (χ0) is 22.7. The fourth-order valence-corrected chi connectivity index (χ4v) is 4.65. The number of amides is 3. The van der Waals surface area contributed by atoms with Gasteiger partial charge in [-0.1, -0.05) is 30.3 Å². The molecule has 7 heteroatoms. The van der Waals surface area contributed by atoms with Crippen LogP contribution < -0.4 is 0 Å². The van der Waals surface area contributed by atoms with E-state index in [1.165, 1.54) is 6.26 Å². The first-order valence-corrected chi connectivity index (χ1v) is 11.3. The molecular weight excluding hydrogens is 406 g/mol. The lowest BCUT2D eigenvalue weighted by molar-refractivity contribution is -0.145. The maximum absolute atomic E-state index is 13.2. The summed E-state index contributed by atoms with van der Waals surface area (Å²) in [6, 6.07) is 13.2. The van der Waals surface area contributed by atoms with Gasteiger partial charge in [0.15, 0.2) is 5.76 Å². The maximum Gasteiger partial charge on any atom is 0.289 e. The van der Waals surface area contributed by atoms with Crippen molar-refractivity contribution >= 4 is 17.7 Å². The molecule has 2 saturated heterocycles. The van der Waals surface area contributed by atoms with Crippen molar-refractivity contribution in [3.8, 4) is 0 Å². The molecule has 0 saturated carbocycles. The van der Waals surface area contributed by atoms with Crippen molar-refractivity contribution < 1.29 is 18.8 Å². The number of likely N-dealkylation sites (tertiary alicyclic amines) is 1. The average molecular weight is 438 g/mol. The highest BCUT2D eigenvalue weighted by molar-refractivity contribution is 5.91. The Morgan fingerprint density at radius 2 is 1.44 bits per heavy atom. The predicted octanol–water partition coefficient (Wildman–Crippen LogP) is 2.78. The minimum atomic E-state index is -0.596. The van der Waals surface area contributed by atoms with Gasteiger partial charge in [0.25, 0.3) is 5.91 Å². The second-order valence-corrected chi connectivity index (χ2v) is 9.15. The number of piperidine rings is 1. The second kappa shape index (κ2) is 9.18. The molecule has 1 aromatic heterocycles. The fourth-order valence-electron chi connectivity index (χ4n) is 4.65. The van der Waals surface area contributed by atoms with Crippen LogP contribution in [0.15, 0.2) is 53.1 Å². The molecule has 2 aliphatic heterocycles. The van der Waals surface area contributed by atoms with Gasteiger partial charge in [0.1, 0.15) is 0 Å². The Morgan fingerprint density at radius 1 is 0.812 bits per heavy atom. The van der Waals surface area contributed by atoms with Crippen LogP contribution in [0, 0.1) is 5.92 Å². The summed E-state index contributed by atoms with van der Waals surface area (Å²) >= 11 is 0. The summed E-state index contributed by atoms with van der Waals surface area (Å²) in [7, 11) is 0. The van der Waals surface area contributed by atoms with Crippen molar-refractivity contribution in [2.45, 2.75) is 32.1 Å². The lowest BCUT2D eigenvalue weighted by Gasteiger charge is -2.40. The van der Waals surface area contributed by atoms with Crippen LogP contribution >= 0.6 is 0 Å². The van der Waals surface area contributed by atoms with E-state index in [-0.39, 0.29) is 23.6 Å². The second-order valence-electron chi connectivity index (χ2n) is 9.15. The lowest BCUT2D eigenvalue weighted by atomic mass is 9.83. The van der Waals surface area contributed by atoms with E-state index in [9.17, 15) is 14.4 Å². The summed E-state index contributed by atoms with van der Waals surface area (Å²) in [6.45, 7) is 7.24. The SMILES string of the molecule is CC(C)(C(=O)N1CCN(C(=O)C2CCN(C(=O)c3ccco3)CC2)CC1)c1ccccc1. The van der Waals surface area contributed by atoms with E-state index in [2.05, 4.69) is 0 Å². The first kappa shape index (κ1) is 22.1. The van der Waals surface area contributed by atoms with Crippen LogP contribution in [0.5, 0.6) is 0 Å². The van der Waals surface area contributed by atoms with Gasteiger partial charge in [0, 0.05) is 45.2 Å². The monoisotopic (exact) mass is 437 g/mol. The highest BCUT2D eigenvalue weighted by atomic mass is 16.3. The number of benzene rings is 1. The Bertz CT molecular complexity index is 939. The molecule has 4 rings (SSSR count). The number of hydrogen-bond donors (Lipinski definition) is 0. The van der Waals surface area contributed by atoms with Crippen molar-refractivity contribution in [2.24, 2.45) is 5.92 Å². The molecule has 2 aromatic rings. The molecule has 0 spiro atoms. The molecular formula is C25H31N3O4. The Kier molecular flexibility index (Phi) is 6.35. The molecule has 0 atom stereocenters. The number of carbonyl (C=O) groups is 3. The molecule has 0 radical (unpaired) electrons. The first-order valence-electron chi connectivity index (χ1n) is 11.3. The molecule has 2 fully saturated rings. The fraction of sp³-hybridized carbons (Fsp3) is 0.480. The number of furan rings is 1. The van der Waals surface area contributed by atoms with Crippen LogP contribution in [0.3, 0.4) is 0 Å². The summed E-state index contributed by atoms with van der Waals surface area (Å²) in [6.07, 6.45) is 2.81. The number of rotatable bonds is 4. The number of nitrogens with zero attached hydrogens (tertiary/aromatic N) is 3. The molecule has 0 N–H and O–H groups in total. The smallest absolute Gasteiger partial charge is 0.289 e. The van der Waals surface area contributed by atoms with Crippen LogP contribution in [0.4, 0.5) is 0 Å². The molecule has 0 unspecified atom stereocenters. The number of hydrogen-bond acceptors (Lipinski definition) is 4. The summed E-state index contributed by atoms with van der Waals surface area (Å²) in [5, 5.41) is 0. The van der Waals surface area contributed by atoms with Gasteiger partial charge in [-0.15, -0.1) is 0 Å². The summed E-state index contributed by atoms with van der Waals surface area (Å²) < 4.78 is 5.20. The van der Waals surface area contributed by atoms with Crippen LogP contribution in [0.1, 0.15) is 42.8 Å². The van der Waals surface area contributed by atoms with Gasteiger partial charge in [-0.25, -0.2) is 0 Å². The van der Waals surface area contributed by atoms with Gasteiger partial charge in [-0.2, -0.15) is 0 Å². The molecule has 170 valence electrons. The third kappa shape index (κ3) is 4.42. The van der Waals surface area contributed by atoms with Crippen molar-refractivity contribution in [3.05, 3.63) is 60.1 Å². The summed E-state index contributed by atoms with van der Waals surface area (Å²) in [5.74, 6) is 0.395. The zero-order valence-electron chi connectivity index (χ0n) is 18.8. The Labute approximate surface area is 189 Å². The summed E-state index contributed by atoms with van der Waals surface area (Å²) in [5.41, 5.74) is 0.403. The lowest BCUT2D eigenvalue weighted by Crippen LogP contribution is -2.55. The predicted molar refractivity (Wildman–Crippen MR) is 120 cm³/mol. The molecule has 32 heavy (non-hydrogen) atoms. The Morgan fingerprint density at radius 3 is 2.03 bits per heavy atom. The van der Waals surface area contributed by atoms with E-state index in [0.29, 0.717) is 57.9 Å². The maximum atomic E-state index is 13.2. The van der Waals surface area contributed by atoms with Crippen LogP contribution in [0.2, 0.25) is 0 Å². The number of piperazine rings is 1. The van der Waals surface area contributed by atoms with Crippen molar-refractivity contribution in [1.82, 2.24) is 14.7 Å². The van der Waals surface area contributed by atoms with E-state index in [1.807, 2.05) is 54.0 Å². The quantitative estimate of drug-likeness (QED) is 0.737. The van der Waals surface area contributed by atoms with Gasteiger partial charge < -0.3 is 19.1 Å². The average Bonchev–Trinajstić information content (AvgIpc) is 3.38. The molecule has 0 aliphatic carbocycles. The number of carbonyl (C=O) groups excluding carboxylic acids is 3. The van der Waals surface area contributed by atoms with Gasteiger partial charge in [-0.05, 0) is 44.4 Å². The van der Waals surface area contributed by atoms with Crippen molar-refractivity contribution in [2.75, 3.05) is 39.3 Å². The highest BCUT2D eigenvalue weighted by Crippen LogP contribution is 2.27. The van der Waals surface area contributed by atoms with Gasteiger partial charge in [0.05, 0.1) is 11.7 Å². The third-order valence-electron chi connectivity index (χ3n) is 6.77. The van der Waals surface area contributed by atoms with E-state index in [4.69, 9.17) is 4.42 Å². The highest BCUT2D eigenvalue weighted by Gasteiger charge is 2.37. The van der Waals surface area contributed by atoms with E-state index in [0.717, 1.165) is 5.56 Å². The van der Waals surface area contributed by atoms with Gasteiger partial charge >= 0.3 is 0 Å². The zero-order valence-corrected chi connectivity index (χ0v) is 18.8. The third-order valence-corrected chi connectivity index (χ3v) is 6.77. The molecule has 3 amide bonds. The standard InChI is InChI=1S/C25H31N3O4/c1-25(2,20-7-4-3-5-8-20)24(31)28-16-14-27(15-17-28)22(29)19-10-12-26(13-11-19)23(30)21-9-6-18-32-21/h3-9,18-19H,10-17H2,1-2H3. The van der Waals surface area contributed by atoms with E-state index >= 15 is 0 Å². The largest absolute Gasteiger partial charge is 0.459 e. The van der Waals surface area contributed by atoms with E-state index in [1.54, 1.807) is 17.0 Å². The minimum absolute atomic E-state index is 0.0707. The minimum Gasteiger partial charge on any atom is -0.459 e. The van der Waals surface area contributed by atoms with Gasteiger partial charge in [0.2, 0.25) is 11.8 Å². The Hall–Kier alpha value is -3.09. The van der Waals surface area contributed by atoms with Crippen LogP contribution in [-0.4, -0.2) is 71.7 Å². The molecule has 2 aliphatic rings. The first-order chi connectivity index (χ1) is 15.4. The van der Waals surface area contributed by atoms with Crippen LogP contribution in [0.25, 0.3) is 0 Å². The van der Waals surface area contributed by atoms with Crippen molar-refractivity contribution in [1.29, 1.82) is 0 Å².